The number of nitriles is 1. The first-order chi connectivity index (χ1) is 13.5. The number of thioether (sulfide) groups is 1. The minimum atomic E-state index is -1.10. The number of rotatable bonds is 12. The van der Waals surface area contributed by atoms with Crippen molar-refractivity contribution >= 4 is 17.7 Å². The molecule has 1 N–H and O–H groups in total. The van der Waals surface area contributed by atoms with Crippen molar-refractivity contribution in [1.29, 1.82) is 5.26 Å². The summed E-state index contributed by atoms with van der Waals surface area (Å²) in [4.78, 5) is 10.7. The van der Waals surface area contributed by atoms with Gasteiger partial charge < -0.3 is 5.11 Å². The summed E-state index contributed by atoms with van der Waals surface area (Å²) in [6.07, 6.45) is 2.16. The lowest BCUT2D eigenvalue weighted by atomic mass is 9.91. The zero-order valence-electron chi connectivity index (χ0n) is 20.3. The van der Waals surface area contributed by atoms with Gasteiger partial charge in [-0.3, -0.25) is 4.79 Å². The predicted molar refractivity (Wildman–Crippen MR) is 124 cm³/mol. The van der Waals surface area contributed by atoms with Gasteiger partial charge in [0.05, 0.1) is 17.1 Å². The van der Waals surface area contributed by atoms with Crippen LogP contribution in [0.15, 0.2) is 20.5 Å². The van der Waals surface area contributed by atoms with E-state index in [0.29, 0.717) is 12.3 Å². The van der Waals surface area contributed by atoms with Crippen LogP contribution in [0.2, 0.25) is 0 Å². The molecule has 0 amide bonds. The van der Waals surface area contributed by atoms with Crippen molar-refractivity contribution in [2.75, 3.05) is 5.75 Å². The van der Waals surface area contributed by atoms with Crippen LogP contribution in [-0.4, -0.2) is 38.3 Å². The number of nitrogens with zero attached hydrogens (tertiary/aromatic N) is 5. The average molecular weight is 440 g/mol. The highest BCUT2D eigenvalue weighted by molar-refractivity contribution is 8.00. The molecule has 0 saturated heterocycles. The minimum absolute atomic E-state index is 0.102. The number of aliphatic carboxylic acids is 1. The Balaban J connectivity index is 5.25. The fourth-order valence-corrected chi connectivity index (χ4v) is 4.00. The van der Waals surface area contributed by atoms with Crippen molar-refractivity contribution in [3.05, 3.63) is 0 Å². The van der Waals surface area contributed by atoms with Gasteiger partial charge in [0.1, 0.15) is 4.87 Å². The maximum absolute atomic E-state index is 11.1. The Hall–Kier alpha value is -1.49. The maximum Gasteiger partial charge on any atom is 0.303 e. The Labute approximate surface area is 187 Å². The monoisotopic (exact) mass is 439 g/mol. The van der Waals surface area contributed by atoms with Gasteiger partial charge in [-0.05, 0) is 85.8 Å². The van der Waals surface area contributed by atoms with Crippen molar-refractivity contribution in [1.82, 2.24) is 0 Å². The standard InChI is InChI=1S/C22H41N5O2S/c1-17(2)15-21(9,26-24-19(3,4)5)30-14-10-12-22(16-23,13-11-18(28)29)27-25-20(6,7)8/h17H,10-15H2,1-9H3,(H,28,29). The van der Waals surface area contributed by atoms with Crippen LogP contribution >= 0.6 is 11.8 Å². The van der Waals surface area contributed by atoms with Crippen molar-refractivity contribution < 1.29 is 9.90 Å². The van der Waals surface area contributed by atoms with Gasteiger partial charge >= 0.3 is 5.97 Å². The molecule has 0 aliphatic carbocycles. The summed E-state index contributed by atoms with van der Waals surface area (Å²) < 4.78 is 0. The van der Waals surface area contributed by atoms with Crippen molar-refractivity contribution in [3.63, 3.8) is 0 Å². The van der Waals surface area contributed by atoms with E-state index in [1.165, 1.54) is 0 Å². The highest BCUT2D eigenvalue weighted by Crippen LogP contribution is 2.36. The van der Waals surface area contributed by atoms with Gasteiger partial charge in [0.2, 0.25) is 0 Å². The second-order valence-corrected chi connectivity index (χ2v) is 12.1. The number of carboxylic acid groups (broad SMARTS) is 1. The summed E-state index contributed by atoms with van der Waals surface area (Å²) in [6.45, 7) is 18.3. The fraction of sp³-hybridized carbons (Fsp3) is 0.909. The molecule has 0 aliphatic rings. The Morgan fingerprint density at radius 3 is 1.93 bits per heavy atom. The van der Waals surface area contributed by atoms with Crippen LogP contribution in [0.1, 0.15) is 94.4 Å². The molecular formula is C22H41N5O2S. The Morgan fingerprint density at radius 2 is 1.50 bits per heavy atom. The molecule has 172 valence electrons. The number of carbonyl (C=O) groups is 1. The van der Waals surface area contributed by atoms with E-state index in [-0.39, 0.29) is 23.3 Å². The van der Waals surface area contributed by atoms with Crippen molar-refractivity contribution in [2.45, 2.75) is 116 Å². The second kappa shape index (κ2) is 11.8. The molecule has 0 heterocycles. The van der Waals surface area contributed by atoms with Crippen LogP contribution < -0.4 is 0 Å². The molecule has 0 radical (unpaired) electrons. The first-order valence-corrected chi connectivity index (χ1v) is 11.7. The molecule has 0 bridgehead atoms. The lowest BCUT2D eigenvalue weighted by molar-refractivity contribution is -0.137. The lowest BCUT2D eigenvalue weighted by Crippen LogP contribution is -2.27. The third-order valence-electron chi connectivity index (χ3n) is 4.00. The zero-order chi connectivity index (χ0) is 23.6. The van der Waals surface area contributed by atoms with Crippen LogP contribution in [0.3, 0.4) is 0 Å². The molecule has 0 aromatic carbocycles. The summed E-state index contributed by atoms with van der Waals surface area (Å²) in [5, 5.41) is 36.6. The maximum atomic E-state index is 11.1. The summed E-state index contributed by atoms with van der Waals surface area (Å²) in [5.41, 5.74) is -1.74. The van der Waals surface area contributed by atoms with Crippen LogP contribution in [0.25, 0.3) is 0 Å². The Morgan fingerprint density at radius 1 is 0.967 bits per heavy atom. The zero-order valence-corrected chi connectivity index (χ0v) is 21.1. The molecule has 30 heavy (non-hydrogen) atoms. The molecule has 0 aliphatic heterocycles. The molecule has 0 aromatic rings. The second-order valence-electron chi connectivity index (χ2n) is 10.5. The van der Waals surface area contributed by atoms with Gasteiger partial charge in [-0.15, -0.1) is 11.8 Å². The molecule has 0 rings (SSSR count). The van der Waals surface area contributed by atoms with Gasteiger partial charge in [-0.2, -0.15) is 25.7 Å². The van der Waals surface area contributed by atoms with Gasteiger partial charge in [0.15, 0.2) is 5.54 Å². The highest BCUT2D eigenvalue weighted by Gasteiger charge is 2.32. The number of hydrogen-bond acceptors (Lipinski definition) is 7. The molecule has 0 saturated carbocycles. The number of carboxylic acids is 1. The van der Waals surface area contributed by atoms with Gasteiger partial charge in [0, 0.05) is 6.42 Å². The lowest BCUT2D eigenvalue weighted by Gasteiger charge is -2.27. The van der Waals surface area contributed by atoms with E-state index < -0.39 is 17.0 Å². The quantitative estimate of drug-likeness (QED) is 0.263. The van der Waals surface area contributed by atoms with Crippen LogP contribution in [-0.2, 0) is 4.79 Å². The van der Waals surface area contributed by atoms with Crippen molar-refractivity contribution in [3.8, 4) is 6.07 Å². The van der Waals surface area contributed by atoms with E-state index >= 15 is 0 Å². The van der Waals surface area contributed by atoms with Crippen LogP contribution in [0.4, 0.5) is 0 Å². The fourth-order valence-electron chi connectivity index (χ4n) is 2.72. The predicted octanol–water partition coefficient (Wildman–Crippen LogP) is 6.89. The molecule has 7 nitrogen and oxygen atoms in total. The van der Waals surface area contributed by atoms with Gasteiger partial charge in [-0.25, -0.2) is 0 Å². The smallest absolute Gasteiger partial charge is 0.303 e. The third-order valence-corrected chi connectivity index (χ3v) is 5.36. The van der Waals surface area contributed by atoms with Crippen LogP contribution in [0.5, 0.6) is 0 Å². The Bertz CT molecular complexity index is 643. The minimum Gasteiger partial charge on any atom is -0.481 e. The van der Waals surface area contributed by atoms with E-state index in [4.69, 9.17) is 5.11 Å². The first-order valence-electron chi connectivity index (χ1n) is 10.7. The number of hydrogen-bond donors (Lipinski definition) is 1. The largest absolute Gasteiger partial charge is 0.481 e. The van der Waals surface area contributed by atoms with E-state index in [1.807, 2.05) is 41.5 Å². The normalized spacial score (nSPS) is 17.2. The van der Waals surface area contributed by atoms with E-state index in [1.54, 1.807) is 11.8 Å². The molecule has 0 aromatic heterocycles. The summed E-state index contributed by atoms with van der Waals surface area (Å²) in [7, 11) is 0. The summed E-state index contributed by atoms with van der Waals surface area (Å²) >= 11 is 1.73. The molecule has 2 atom stereocenters. The molecule has 8 heteroatoms. The van der Waals surface area contributed by atoms with Gasteiger partial charge in [-0.1, -0.05) is 13.8 Å². The molecule has 0 spiro atoms. The third kappa shape index (κ3) is 13.7. The van der Waals surface area contributed by atoms with Gasteiger partial charge in [0.25, 0.3) is 0 Å². The average Bonchev–Trinajstić information content (AvgIpc) is 2.57. The molecular weight excluding hydrogens is 398 g/mol. The Kier molecular flexibility index (Phi) is 11.2. The van der Waals surface area contributed by atoms with Crippen LogP contribution in [0, 0.1) is 17.2 Å². The topological polar surface area (TPSA) is 111 Å². The first kappa shape index (κ1) is 28.5. The van der Waals surface area contributed by atoms with E-state index in [2.05, 4.69) is 47.3 Å². The SMILES string of the molecule is CC(C)CC(C)(N=NC(C)(C)C)SCCCC(C#N)(CCC(=O)O)N=NC(C)(C)C. The van der Waals surface area contributed by atoms with Crippen molar-refractivity contribution in [2.24, 2.45) is 26.4 Å². The molecule has 0 fully saturated rings. The van der Waals surface area contributed by atoms with E-state index in [0.717, 1.165) is 18.6 Å². The number of azo groups is 2. The highest BCUT2D eigenvalue weighted by atomic mass is 32.2. The summed E-state index contributed by atoms with van der Waals surface area (Å²) in [6, 6.07) is 2.24. The summed E-state index contributed by atoms with van der Waals surface area (Å²) in [5.74, 6) is 0.339. The molecule has 2 unspecified atom stereocenters. The van der Waals surface area contributed by atoms with E-state index in [9.17, 15) is 10.1 Å².